The van der Waals surface area contributed by atoms with Crippen molar-refractivity contribution in [3.63, 3.8) is 0 Å². The molecule has 1 aromatic rings. The van der Waals surface area contributed by atoms with Gasteiger partial charge in [0.1, 0.15) is 17.7 Å². The Hall–Kier alpha value is -1.09. The number of rotatable bonds is 2. The first-order valence-corrected chi connectivity index (χ1v) is 10.4. The van der Waals surface area contributed by atoms with Crippen LogP contribution in [0.15, 0.2) is 18.2 Å². The second-order valence-electron chi connectivity index (χ2n) is 7.52. The number of halogens is 2. The van der Waals surface area contributed by atoms with E-state index in [1.54, 1.807) is 0 Å². The fourth-order valence-electron chi connectivity index (χ4n) is 4.52. The Labute approximate surface area is 146 Å². The maximum atomic E-state index is 14.0. The first-order valence-electron chi connectivity index (χ1n) is 8.59. The predicted molar refractivity (Wildman–Crippen MR) is 88.6 cm³/mol. The van der Waals surface area contributed by atoms with Gasteiger partial charge in [0.2, 0.25) is 0 Å². The molecule has 5 nitrogen and oxygen atoms in total. The molecular formula is C17H22F2N2O3S. The van der Waals surface area contributed by atoms with E-state index >= 15 is 0 Å². The zero-order valence-corrected chi connectivity index (χ0v) is 14.6. The number of likely N-dealkylation sites (tertiary alicyclic amines) is 1. The Balaban J connectivity index is 1.42. The van der Waals surface area contributed by atoms with Gasteiger partial charge in [0.15, 0.2) is 9.84 Å². The molecule has 0 saturated carbocycles. The highest BCUT2D eigenvalue weighted by molar-refractivity contribution is 7.91. The second kappa shape index (κ2) is 6.26. The molecule has 0 radical (unpaired) electrons. The van der Waals surface area contributed by atoms with E-state index in [0.29, 0.717) is 13.0 Å². The van der Waals surface area contributed by atoms with Crippen molar-refractivity contribution in [2.24, 2.45) is 17.6 Å². The fraction of sp³-hybridized carbons (Fsp3) is 0.647. The zero-order chi connectivity index (χ0) is 17.8. The van der Waals surface area contributed by atoms with Crippen molar-refractivity contribution in [3.8, 4) is 0 Å². The van der Waals surface area contributed by atoms with Gasteiger partial charge in [0, 0.05) is 30.7 Å². The highest BCUT2D eigenvalue weighted by Gasteiger charge is 2.46. The summed E-state index contributed by atoms with van der Waals surface area (Å²) < 4.78 is 56.6. The third-order valence-electron chi connectivity index (χ3n) is 5.72. The molecule has 0 spiro atoms. The first-order chi connectivity index (χ1) is 11.8. The molecule has 3 fully saturated rings. The number of nitrogens with zero attached hydrogens (tertiary/aromatic N) is 1. The average molecular weight is 372 g/mol. The molecule has 25 heavy (non-hydrogen) atoms. The van der Waals surface area contributed by atoms with Crippen LogP contribution in [-0.2, 0) is 14.6 Å². The van der Waals surface area contributed by atoms with Crippen LogP contribution in [0.5, 0.6) is 0 Å². The van der Waals surface area contributed by atoms with Crippen molar-refractivity contribution in [1.82, 2.24) is 4.90 Å². The summed E-state index contributed by atoms with van der Waals surface area (Å²) in [7, 11) is -2.88. The molecule has 5 atom stereocenters. The van der Waals surface area contributed by atoms with Gasteiger partial charge in [-0.1, -0.05) is 0 Å². The summed E-state index contributed by atoms with van der Waals surface area (Å²) >= 11 is 0. The first kappa shape index (κ1) is 17.3. The van der Waals surface area contributed by atoms with Crippen LogP contribution in [0.25, 0.3) is 0 Å². The lowest BCUT2D eigenvalue weighted by atomic mass is 9.93. The van der Waals surface area contributed by atoms with Gasteiger partial charge in [0.25, 0.3) is 0 Å². The number of nitrogens with two attached hydrogens (primary N) is 1. The van der Waals surface area contributed by atoms with Crippen LogP contribution in [0.3, 0.4) is 0 Å². The minimum absolute atomic E-state index is 0.0937. The van der Waals surface area contributed by atoms with Crippen LogP contribution in [0.2, 0.25) is 0 Å². The molecule has 0 bridgehead atoms. The van der Waals surface area contributed by atoms with Gasteiger partial charge in [0.05, 0.1) is 18.1 Å². The summed E-state index contributed by atoms with van der Waals surface area (Å²) in [6.45, 7) is 1.87. The molecule has 1 aromatic carbocycles. The van der Waals surface area contributed by atoms with Gasteiger partial charge in [-0.05, 0) is 36.5 Å². The quantitative estimate of drug-likeness (QED) is 0.842. The van der Waals surface area contributed by atoms with E-state index in [9.17, 15) is 17.2 Å². The summed E-state index contributed by atoms with van der Waals surface area (Å²) in [5.74, 6) is -0.0982. The summed E-state index contributed by atoms with van der Waals surface area (Å²) in [6.07, 6.45) is -0.0401. The molecule has 3 heterocycles. The Bertz CT molecular complexity index is 753. The molecule has 3 saturated heterocycles. The van der Waals surface area contributed by atoms with E-state index in [1.165, 1.54) is 0 Å². The van der Waals surface area contributed by atoms with Gasteiger partial charge in [-0.2, -0.15) is 0 Å². The molecule has 4 rings (SSSR count). The molecular weight excluding hydrogens is 350 g/mol. The van der Waals surface area contributed by atoms with E-state index in [0.717, 1.165) is 31.3 Å². The summed E-state index contributed by atoms with van der Waals surface area (Å²) in [4.78, 5) is 2.25. The van der Waals surface area contributed by atoms with E-state index in [1.807, 2.05) is 0 Å². The van der Waals surface area contributed by atoms with Gasteiger partial charge < -0.3 is 10.5 Å². The van der Waals surface area contributed by atoms with Crippen LogP contribution in [0.4, 0.5) is 8.78 Å². The Kier molecular flexibility index (Phi) is 4.34. The number of sulfone groups is 1. The van der Waals surface area contributed by atoms with E-state index in [-0.39, 0.29) is 34.9 Å². The van der Waals surface area contributed by atoms with Crippen molar-refractivity contribution >= 4 is 9.84 Å². The summed E-state index contributed by atoms with van der Waals surface area (Å²) in [6, 6.07) is 2.98. The molecule has 138 valence electrons. The maximum absolute atomic E-state index is 14.0. The molecule has 0 amide bonds. The van der Waals surface area contributed by atoms with E-state index in [2.05, 4.69) is 4.90 Å². The Morgan fingerprint density at radius 3 is 2.48 bits per heavy atom. The van der Waals surface area contributed by atoms with Gasteiger partial charge in [-0.25, -0.2) is 17.2 Å². The monoisotopic (exact) mass is 372 g/mol. The largest absolute Gasteiger partial charge is 0.370 e. The Morgan fingerprint density at radius 2 is 1.84 bits per heavy atom. The third-order valence-corrected chi connectivity index (χ3v) is 7.60. The van der Waals surface area contributed by atoms with Crippen LogP contribution in [-0.4, -0.2) is 56.6 Å². The topological polar surface area (TPSA) is 72.6 Å². The predicted octanol–water partition coefficient (Wildman–Crippen LogP) is 1.10. The number of ether oxygens (including phenoxy) is 1. The number of fused-ring (bicyclic) bond motifs is 1. The zero-order valence-electron chi connectivity index (χ0n) is 13.8. The van der Waals surface area contributed by atoms with Crippen molar-refractivity contribution in [2.75, 3.05) is 31.2 Å². The van der Waals surface area contributed by atoms with Crippen molar-refractivity contribution < 1.29 is 21.9 Å². The van der Waals surface area contributed by atoms with Crippen LogP contribution in [0, 0.1) is 23.5 Å². The number of benzene rings is 1. The van der Waals surface area contributed by atoms with Crippen molar-refractivity contribution in [1.29, 1.82) is 0 Å². The lowest BCUT2D eigenvalue weighted by Crippen LogP contribution is -2.49. The highest BCUT2D eigenvalue weighted by atomic mass is 32.2. The van der Waals surface area contributed by atoms with Gasteiger partial charge in [-0.15, -0.1) is 0 Å². The fourth-order valence-corrected chi connectivity index (χ4v) is 6.72. The molecule has 3 aliphatic heterocycles. The molecule has 0 aromatic heterocycles. The van der Waals surface area contributed by atoms with Crippen molar-refractivity contribution in [2.45, 2.75) is 24.6 Å². The van der Waals surface area contributed by atoms with Gasteiger partial charge >= 0.3 is 0 Å². The smallest absolute Gasteiger partial charge is 0.150 e. The normalized spacial score (nSPS) is 38.0. The summed E-state index contributed by atoms with van der Waals surface area (Å²) in [5.41, 5.74) is 6.37. The average Bonchev–Trinajstić information content (AvgIpc) is 3.03. The van der Waals surface area contributed by atoms with E-state index < -0.39 is 33.6 Å². The van der Waals surface area contributed by atoms with E-state index in [4.69, 9.17) is 10.5 Å². The van der Waals surface area contributed by atoms with Crippen molar-refractivity contribution in [3.05, 3.63) is 35.4 Å². The third kappa shape index (κ3) is 3.32. The van der Waals surface area contributed by atoms with Crippen LogP contribution < -0.4 is 5.73 Å². The summed E-state index contributed by atoms with van der Waals surface area (Å²) in [5, 5.41) is 0. The SMILES string of the molecule is N[C@H]1C[C@@H](N2CC3CS(=O)(=O)CC3C2)CO[C@@H]1c1cc(F)ccc1F. The minimum atomic E-state index is -2.88. The number of hydrogen-bond acceptors (Lipinski definition) is 5. The lowest BCUT2D eigenvalue weighted by molar-refractivity contribution is -0.0480. The standard InChI is InChI=1S/C17H22F2N2O3S/c18-12-1-2-15(19)14(3-12)17-16(20)4-13(7-24-17)21-5-10-8-25(22,23)9-11(10)6-21/h1-3,10-11,13,16-17H,4-9,20H2/t10?,11?,13-,16+,17-/m1/s1. The molecule has 2 N–H and O–H groups in total. The highest BCUT2D eigenvalue weighted by Crippen LogP contribution is 2.37. The van der Waals surface area contributed by atoms with Gasteiger partial charge in [-0.3, -0.25) is 4.90 Å². The van der Waals surface area contributed by atoms with Crippen LogP contribution >= 0.6 is 0 Å². The lowest BCUT2D eigenvalue weighted by Gasteiger charge is -2.39. The second-order valence-corrected chi connectivity index (χ2v) is 9.68. The molecule has 2 unspecified atom stereocenters. The minimum Gasteiger partial charge on any atom is -0.370 e. The maximum Gasteiger partial charge on any atom is 0.150 e. The molecule has 0 aliphatic carbocycles. The molecule has 3 aliphatic rings. The molecule has 8 heteroatoms. The van der Waals surface area contributed by atoms with Crippen LogP contribution in [0.1, 0.15) is 18.1 Å². The Morgan fingerprint density at radius 1 is 1.16 bits per heavy atom. The number of hydrogen-bond donors (Lipinski definition) is 1.